The molecule has 1 fully saturated rings. The van der Waals surface area contributed by atoms with Gasteiger partial charge in [0.15, 0.2) is 0 Å². The molecular formula is C15H21N3O2. The van der Waals surface area contributed by atoms with E-state index in [2.05, 4.69) is 17.6 Å². The van der Waals surface area contributed by atoms with Crippen molar-refractivity contribution in [2.75, 3.05) is 31.5 Å². The molecule has 0 atom stereocenters. The highest BCUT2D eigenvalue weighted by Gasteiger charge is 2.22. The van der Waals surface area contributed by atoms with E-state index in [1.54, 1.807) is 4.90 Å². The minimum Gasteiger partial charge on any atom is -0.385 e. The Bertz CT molecular complexity index is 514. The minimum atomic E-state index is -0.0949. The second kappa shape index (κ2) is 6.41. The van der Waals surface area contributed by atoms with Crippen LogP contribution < -0.4 is 10.6 Å². The van der Waals surface area contributed by atoms with Crippen molar-refractivity contribution in [1.82, 2.24) is 10.2 Å². The fourth-order valence-corrected chi connectivity index (χ4v) is 2.25. The van der Waals surface area contributed by atoms with E-state index in [1.165, 1.54) is 0 Å². The topological polar surface area (TPSA) is 61.4 Å². The van der Waals surface area contributed by atoms with Gasteiger partial charge in [-0.3, -0.25) is 9.59 Å². The number of amides is 2. The number of rotatable bonds is 4. The van der Waals surface area contributed by atoms with Crippen LogP contribution in [0.4, 0.5) is 5.69 Å². The van der Waals surface area contributed by atoms with E-state index in [4.69, 9.17) is 0 Å². The molecule has 0 unspecified atom stereocenters. The third kappa shape index (κ3) is 3.29. The molecule has 0 bridgehead atoms. The highest BCUT2D eigenvalue weighted by atomic mass is 16.2. The first-order valence-corrected chi connectivity index (χ1v) is 7.02. The normalized spacial score (nSPS) is 14.9. The average molecular weight is 275 g/mol. The Hall–Kier alpha value is -2.04. The number of hydrogen-bond acceptors (Lipinski definition) is 3. The van der Waals surface area contributed by atoms with E-state index in [0.717, 1.165) is 24.2 Å². The predicted molar refractivity (Wildman–Crippen MR) is 78.9 cm³/mol. The van der Waals surface area contributed by atoms with Crippen LogP contribution in [0.25, 0.3) is 0 Å². The molecule has 108 valence electrons. The lowest BCUT2D eigenvalue weighted by Crippen LogP contribution is -2.49. The van der Waals surface area contributed by atoms with Gasteiger partial charge in [0.25, 0.3) is 5.91 Å². The standard InChI is InChI=1S/C15H21N3O2/c1-3-6-16-13-5-4-12(9-11(13)2)15(20)18-8-7-17-14(19)10-18/h4-5,9,16H,3,6-8,10H2,1-2H3,(H,17,19). The van der Waals surface area contributed by atoms with Crippen LogP contribution in [0, 0.1) is 6.92 Å². The molecule has 0 aliphatic carbocycles. The van der Waals surface area contributed by atoms with Gasteiger partial charge in [0, 0.05) is 30.9 Å². The van der Waals surface area contributed by atoms with Gasteiger partial charge < -0.3 is 15.5 Å². The van der Waals surface area contributed by atoms with E-state index < -0.39 is 0 Å². The Labute approximate surface area is 119 Å². The molecule has 0 radical (unpaired) electrons. The number of carbonyl (C=O) groups excluding carboxylic acids is 2. The number of nitrogens with zero attached hydrogens (tertiary/aromatic N) is 1. The Kier molecular flexibility index (Phi) is 4.61. The number of anilines is 1. The van der Waals surface area contributed by atoms with Crippen molar-refractivity contribution in [2.45, 2.75) is 20.3 Å². The summed E-state index contributed by atoms with van der Waals surface area (Å²) in [7, 11) is 0. The molecule has 2 rings (SSSR count). The summed E-state index contributed by atoms with van der Waals surface area (Å²) in [6.45, 7) is 6.26. The number of hydrogen-bond donors (Lipinski definition) is 2. The maximum atomic E-state index is 12.3. The molecule has 1 aromatic rings. The Morgan fingerprint density at radius 3 is 2.90 bits per heavy atom. The van der Waals surface area contributed by atoms with Gasteiger partial charge in [-0.15, -0.1) is 0 Å². The van der Waals surface area contributed by atoms with Gasteiger partial charge in [0.05, 0.1) is 6.54 Å². The number of benzene rings is 1. The second-order valence-corrected chi connectivity index (χ2v) is 5.03. The van der Waals surface area contributed by atoms with E-state index in [0.29, 0.717) is 18.7 Å². The summed E-state index contributed by atoms with van der Waals surface area (Å²) in [5.41, 5.74) is 2.74. The van der Waals surface area contributed by atoms with Gasteiger partial charge in [-0.25, -0.2) is 0 Å². The monoisotopic (exact) mass is 275 g/mol. The van der Waals surface area contributed by atoms with Crippen LogP contribution in [0.15, 0.2) is 18.2 Å². The van der Waals surface area contributed by atoms with Crippen molar-refractivity contribution >= 4 is 17.5 Å². The van der Waals surface area contributed by atoms with Gasteiger partial charge >= 0.3 is 0 Å². The summed E-state index contributed by atoms with van der Waals surface area (Å²) in [5.74, 6) is -0.174. The summed E-state index contributed by atoms with van der Waals surface area (Å²) >= 11 is 0. The van der Waals surface area contributed by atoms with Crippen LogP contribution in [0.1, 0.15) is 29.3 Å². The van der Waals surface area contributed by atoms with E-state index >= 15 is 0 Å². The van der Waals surface area contributed by atoms with E-state index in [1.807, 2.05) is 25.1 Å². The van der Waals surface area contributed by atoms with E-state index in [-0.39, 0.29) is 18.4 Å². The highest BCUT2D eigenvalue weighted by Crippen LogP contribution is 2.18. The average Bonchev–Trinajstić information content (AvgIpc) is 2.45. The van der Waals surface area contributed by atoms with E-state index in [9.17, 15) is 9.59 Å². The smallest absolute Gasteiger partial charge is 0.254 e. The first kappa shape index (κ1) is 14.4. The molecule has 20 heavy (non-hydrogen) atoms. The molecule has 1 aromatic carbocycles. The molecule has 1 aliphatic heterocycles. The van der Waals surface area contributed by atoms with Crippen molar-refractivity contribution in [2.24, 2.45) is 0 Å². The van der Waals surface area contributed by atoms with Gasteiger partial charge in [0.2, 0.25) is 5.91 Å². The van der Waals surface area contributed by atoms with Crippen LogP contribution in [0.5, 0.6) is 0 Å². The summed E-state index contributed by atoms with van der Waals surface area (Å²) in [6.07, 6.45) is 1.06. The molecule has 5 heteroatoms. The quantitative estimate of drug-likeness (QED) is 0.873. The summed E-state index contributed by atoms with van der Waals surface area (Å²) in [5, 5.41) is 6.05. The second-order valence-electron chi connectivity index (χ2n) is 5.03. The molecule has 2 amide bonds. The maximum absolute atomic E-state index is 12.3. The maximum Gasteiger partial charge on any atom is 0.254 e. The summed E-state index contributed by atoms with van der Waals surface area (Å²) in [4.78, 5) is 25.3. The van der Waals surface area contributed by atoms with Crippen molar-refractivity contribution in [3.8, 4) is 0 Å². The fraction of sp³-hybridized carbons (Fsp3) is 0.467. The zero-order valence-corrected chi connectivity index (χ0v) is 12.0. The molecule has 1 aliphatic rings. The Morgan fingerprint density at radius 1 is 1.45 bits per heavy atom. The largest absolute Gasteiger partial charge is 0.385 e. The van der Waals surface area contributed by atoms with Crippen LogP contribution >= 0.6 is 0 Å². The third-order valence-electron chi connectivity index (χ3n) is 3.36. The highest BCUT2D eigenvalue weighted by molar-refractivity contribution is 5.97. The zero-order valence-electron chi connectivity index (χ0n) is 12.0. The third-order valence-corrected chi connectivity index (χ3v) is 3.36. The molecule has 0 spiro atoms. The lowest BCUT2D eigenvalue weighted by molar-refractivity contribution is -0.123. The van der Waals surface area contributed by atoms with Crippen LogP contribution in [0.2, 0.25) is 0 Å². The summed E-state index contributed by atoms with van der Waals surface area (Å²) in [6, 6.07) is 5.63. The van der Waals surface area contributed by atoms with Gasteiger partial charge in [0.1, 0.15) is 0 Å². The number of nitrogens with one attached hydrogen (secondary N) is 2. The molecule has 0 aromatic heterocycles. The van der Waals surface area contributed by atoms with Gasteiger partial charge in [-0.05, 0) is 37.1 Å². The van der Waals surface area contributed by atoms with Gasteiger partial charge in [-0.2, -0.15) is 0 Å². The Morgan fingerprint density at radius 2 is 2.25 bits per heavy atom. The molecule has 1 heterocycles. The Balaban J connectivity index is 2.10. The predicted octanol–water partition coefficient (Wildman–Crippen LogP) is 1.39. The van der Waals surface area contributed by atoms with Crippen LogP contribution in [0.3, 0.4) is 0 Å². The van der Waals surface area contributed by atoms with Gasteiger partial charge in [-0.1, -0.05) is 6.92 Å². The van der Waals surface area contributed by atoms with Crippen LogP contribution in [-0.4, -0.2) is 42.9 Å². The first-order valence-electron chi connectivity index (χ1n) is 7.02. The van der Waals surface area contributed by atoms with Crippen molar-refractivity contribution in [3.63, 3.8) is 0 Å². The minimum absolute atomic E-state index is 0.0787. The van der Waals surface area contributed by atoms with Crippen molar-refractivity contribution < 1.29 is 9.59 Å². The van der Waals surface area contributed by atoms with Crippen LogP contribution in [-0.2, 0) is 4.79 Å². The lowest BCUT2D eigenvalue weighted by atomic mass is 10.1. The summed E-state index contributed by atoms with van der Waals surface area (Å²) < 4.78 is 0. The number of carbonyl (C=O) groups is 2. The molecule has 5 nitrogen and oxygen atoms in total. The first-order chi connectivity index (χ1) is 9.61. The molecule has 2 N–H and O–H groups in total. The molecular weight excluding hydrogens is 254 g/mol. The molecule has 0 saturated carbocycles. The lowest BCUT2D eigenvalue weighted by Gasteiger charge is -2.27. The number of aryl methyl sites for hydroxylation is 1. The van der Waals surface area contributed by atoms with Crippen molar-refractivity contribution in [1.29, 1.82) is 0 Å². The number of piperazine rings is 1. The van der Waals surface area contributed by atoms with Crippen molar-refractivity contribution in [3.05, 3.63) is 29.3 Å². The molecule has 1 saturated heterocycles. The fourth-order valence-electron chi connectivity index (χ4n) is 2.25. The SMILES string of the molecule is CCCNc1ccc(C(=O)N2CCNC(=O)C2)cc1C. The zero-order chi connectivity index (χ0) is 14.5.